The molecule has 0 aromatic carbocycles. The molecule has 0 spiro atoms. The number of furan rings is 1. The second-order valence-corrected chi connectivity index (χ2v) is 6.73. The monoisotopic (exact) mass is 243 g/mol. The first-order valence-corrected chi connectivity index (χ1v) is 7.19. The van der Waals surface area contributed by atoms with Gasteiger partial charge in [-0.15, -0.1) is 0 Å². The Labute approximate surface area is 95.7 Å². The molecule has 0 fully saturated rings. The number of sulfone groups is 1. The predicted octanol–water partition coefficient (Wildman–Crippen LogP) is 1.41. The quantitative estimate of drug-likeness (QED) is 0.871. The zero-order valence-electron chi connectivity index (χ0n) is 9.56. The van der Waals surface area contributed by atoms with E-state index in [1.165, 1.54) is 0 Å². The molecule has 2 rings (SSSR count). The maximum atomic E-state index is 12.0. The van der Waals surface area contributed by atoms with Crippen LogP contribution in [0.15, 0.2) is 10.7 Å². The van der Waals surface area contributed by atoms with Crippen molar-refractivity contribution in [3.8, 4) is 0 Å². The lowest BCUT2D eigenvalue weighted by atomic mass is 9.99. The molecule has 0 saturated carbocycles. The Balaban J connectivity index is 2.51. The van der Waals surface area contributed by atoms with Gasteiger partial charge in [0.25, 0.3) is 0 Å². The Morgan fingerprint density at radius 1 is 1.56 bits per heavy atom. The highest BCUT2D eigenvalue weighted by atomic mass is 32.2. The molecular formula is C11H17NO3S. The fourth-order valence-electron chi connectivity index (χ4n) is 2.46. The fraction of sp³-hybridized carbons (Fsp3) is 0.636. The lowest BCUT2D eigenvalue weighted by Gasteiger charge is -2.15. The zero-order valence-corrected chi connectivity index (χ0v) is 10.4. The molecule has 4 nitrogen and oxygen atoms in total. The van der Waals surface area contributed by atoms with E-state index in [-0.39, 0.29) is 11.7 Å². The topological polar surface area (TPSA) is 73.3 Å². The Morgan fingerprint density at radius 3 is 2.81 bits per heavy atom. The Hall–Kier alpha value is -0.810. The molecule has 1 aliphatic heterocycles. The molecular weight excluding hydrogens is 226 g/mol. The lowest BCUT2D eigenvalue weighted by molar-refractivity contribution is 0.489. The first-order chi connectivity index (χ1) is 7.47. The van der Waals surface area contributed by atoms with Crippen LogP contribution in [0.1, 0.15) is 36.0 Å². The highest BCUT2D eigenvalue weighted by molar-refractivity contribution is 7.91. The van der Waals surface area contributed by atoms with Crippen molar-refractivity contribution in [3.63, 3.8) is 0 Å². The molecule has 2 N–H and O–H groups in total. The molecule has 1 unspecified atom stereocenters. The Morgan fingerprint density at radius 2 is 2.25 bits per heavy atom. The third kappa shape index (κ3) is 1.68. The zero-order chi connectivity index (χ0) is 11.9. The van der Waals surface area contributed by atoms with Gasteiger partial charge in [-0.3, -0.25) is 0 Å². The molecule has 1 aromatic rings. The minimum absolute atomic E-state index is 0.0698. The second-order valence-electron chi connectivity index (χ2n) is 4.61. The van der Waals surface area contributed by atoms with Crippen molar-refractivity contribution in [2.24, 2.45) is 11.7 Å². The Kier molecular flexibility index (Phi) is 2.84. The fourth-order valence-corrected chi connectivity index (χ4v) is 4.77. The molecule has 0 bridgehead atoms. The number of fused-ring (bicyclic) bond motifs is 1. The van der Waals surface area contributed by atoms with Gasteiger partial charge in [0.15, 0.2) is 9.84 Å². The van der Waals surface area contributed by atoms with Crippen LogP contribution < -0.4 is 5.73 Å². The van der Waals surface area contributed by atoms with Crippen LogP contribution in [0, 0.1) is 5.92 Å². The van der Waals surface area contributed by atoms with Gasteiger partial charge in [0.1, 0.15) is 5.76 Å². The second kappa shape index (κ2) is 3.89. The van der Waals surface area contributed by atoms with Gasteiger partial charge >= 0.3 is 0 Å². The molecule has 1 aliphatic rings. The van der Waals surface area contributed by atoms with Crippen molar-refractivity contribution in [2.75, 3.05) is 6.54 Å². The van der Waals surface area contributed by atoms with Gasteiger partial charge in [-0.25, -0.2) is 8.42 Å². The van der Waals surface area contributed by atoms with Gasteiger partial charge in [0.2, 0.25) is 0 Å². The summed E-state index contributed by atoms with van der Waals surface area (Å²) in [5, 5.41) is -0.414. The third-order valence-corrected chi connectivity index (χ3v) is 5.26. The maximum Gasteiger partial charge on any atom is 0.161 e. The van der Waals surface area contributed by atoms with Gasteiger partial charge in [0, 0.05) is 17.5 Å². The summed E-state index contributed by atoms with van der Waals surface area (Å²) in [4.78, 5) is 0. The Bertz CT molecular complexity index is 487. The SMILES string of the molecule is CC(C)C1c2c(coc2CCN)CS1(=O)=O. The van der Waals surface area contributed by atoms with E-state index >= 15 is 0 Å². The van der Waals surface area contributed by atoms with Crippen LogP contribution in [0.3, 0.4) is 0 Å². The number of rotatable bonds is 3. The molecule has 0 aliphatic carbocycles. The van der Waals surface area contributed by atoms with E-state index < -0.39 is 15.1 Å². The number of hydrogen-bond acceptors (Lipinski definition) is 4. The summed E-state index contributed by atoms with van der Waals surface area (Å²) >= 11 is 0. The number of hydrogen-bond donors (Lipinski definition) is 1. The highest BCUT2D eigenvalue weighted by Gasteiger charge is 2.41. The molecule has 16 heavy (non-hydrogen) atoms. The van der Waals surface area contributed by atoms with Crippen LogP contribution in [0.5, 0.6) is 0 Å². The highest BCUT2D eigenvalue weighted by Crippen LogP contribution is 2.43. The molecule has 90 valence electrons. The predicted molar refractivity (Wildman–Crippen MR) is 61.7 cm³/mol. The third-order valence-electron chi connectivity index (χ3n) is 2.99. The summed E-state index contributed by atoms with van der Waals surface area (Å²) in [6, 6.07) is 0. The summed E-state index contributed by atoms with van der Waals surface area (Å²) in [6.45, 7) is 4.33. The average molecular weight is 243 g/mol. The minimum Gasteiger partial charge on any atom is -0.469 e. The van der Waals surface area contributed by atoms with E-state index in [0.717, 1.165) is 16.9 Å². The van der Waals surface area contributed by atoms with Gasteiger partial charge in [-0.05, 0) is 12.5 Å². The van der Waals surface area contributed by atoms with Crippen LogP contribution >= 0.6 is 0 Å². The first-order valence-electron chi connectivity index (χ1n) is 5.48. The smallest absolute Gasteiger partial charge is 0.161 e. The van der Waals surface area contributed by atoms with Crippen molar-refractivity contribution in [1.29, 1.82) is 0 Å². The number of nitrogens with two attached hydrogens (primary N) is 1. The molecule has 5 heteroatoms. The summed E-state index contributed by atoms with van der Waals surface area (Å²) in [5.74, 6) is 0.928. The molecule has 0 radical (unpaired) electrons. The lowest BCUT2D eigenvalue weighted by Crippen LogP contribution is -2.15. The van der Waals surface area contributed by atoms with E-state index in [9.17, 15) is 8.42 Å². The molecule has 1 atom stereocenters. The van der Waals surface area contributed by atoms with Crippen LogP contribution in [0.2, 0.25) is 0 Å². The van der Waals surface area contributed by atoms with Crippen molar-refractivity contribution in [3.05, 3.63) is 23.2 Å². The van der Waals surface area contributed by atoms with E-state index in [0.29, 0.717) is 13.0 Å². The van der Waals surface area contributed by atoms with Crippen molar-refractivity contribution < 1.29 is 12.8 Å². The minimum atomic E-state index is -3.04. The van der Waals surface area contributed by atoms with E-state index in [1.807, 2.05) is 13.8 Å². The standard InChI is InChI=1S/C11H17NO3S/c1-7(2)11-10-8(6-16(11,13)14)5-15-9(10)3-4-12/h5,7,11H,3-4,6,12H2,1-2H3. The van der Waals surface area contributed by atoms with E-state index in [4.69, 9.17) is 10.2 Å². The first kappa shape index (κ1) is 11.7. The maximum absolute atomic E-state index is 12.0. The van der Waals surface area contributed by atoms with Crippen LogP contribution in [0.4, 0.5) is 0 Å². The van der Waals surface area contributed by atoms with E-state index in [2.05, 4.69) is 0 Å². The summed E-state index contributed by atoms with van der Waals surface area (Å²) in [6.07, 6.45) is 2.17. The van der Waals surface area contributed by atoms with Crippen LogP contribution in [-0.2, 0) is 22.0 Å². The van der Waals surface area contributed by atoms with Gasteiger partial charge in [0.05, 0.1) is 17.3 Å². The molecule has 0 amide bonds. The average Bonchev–Trinajstić information content (AvgIpc) is 2.61. The van der Waals surface area contributed by atoms with Gasteiger partial charge in [-0.2, -0.15) is 0 Å². The summed E-state index contributed by atoms with van der Waals surface area (Å²) < 4.78 is 29.4. The van der Waals surface area contributed by atoms with Gasteiger partial charge in [-0.1, -0.05) is 13.8 Å². The normalized spacial score (nSPS) is 22.6. The van der Waals surface area contributed by atoms with Crippen LogP contribution in [0.25, 0.3) is 0 Å². The summed E-state index contributed by atoms with van der Waals surface area (Å²) in [7, 11) is -3.04. The summed E-state index contributed by atoms with van der Waals surface area (Å²) in [5.41, 5.74) is 7.19. The van der Waals surface area contributed by atoms with Crippen molar-refractivity contribution in [2.45, 2.75) is 31.3 Å². The molecule has 0 saturated heterocycles. The van der Waals surface area contributed by atoms with E-state index in [1.54, 1.807) is 6.26 Å². The van der Waals surface area contributed by atoms with Crippen LogP contribution in [-0.4, -0.2) is 15.0 Å². The van der Waals surface area contributed by atoms with Gasteiger partial charge < -0.3 is 10.2 Å². The van der Waals surface area contributed by atoms with Crippen molar-refractivity contribution in [1.82, 2.24) is 0 Å². The van der Waals surface area contributed by atoms with Crippen molar-refractivity contribution >= 4 is 9.84 Å². The molecule has 1 aromatic heterocycles. The largest absolute Gasteiger partial charge is 0.469 e. The molecule has 2 heterocycles.